The van der Waals surface area contributed by atoms with Crippen molar-refractivity contribution in [3.63, 3.8) is 0 Å². The number of hydrogen-bond donors (Lipinski definition) is 2. The van der Waals surface area contributed by atoms with Crippen LogP contribution in [0.2, 0.25) is 0 Å². The van der Waals surface area contributed by atoms with Gasteiger partial charge in [0.05, 0.1) is 17.0 Å². The Morgan fingerprint density at radius 3 is 2.68 bits per heavy atom. The number of aromatic amines is 1. The lowest BCUT2D eigenvalue weighted by molar-refractivity contribution is -0.384. The van der Waals surface area contributed by atoms with E-state index in [9.17, 15) is 14.3 Å². The van der Waals surface area contributed by atoms with Crippen LogP contribution in [0.15, 0.2) is 24.3 Å². The van der Waals surface area contributed by atoms with Crippen LogP contribution in [0.4, 0.5) is 5.69 Å². The Balaban J connectivity index is 1.76. The van der Waals surface area contributed by atoms with Crippen molar-refractivity contribution in [3.8, 4) is 5.75 Å². The molecule has 0 aliphatic rings. The molecule has 0 aliphatic carbocycles. The average Bonchev–Trinajstić information content (AvgIpc) is 3.16. The van der Waals surface area contributed by atoms with Gasteiger partial charge < -0.3 is 4.18 Å². The molecular weight excluding hydrogens is 384 g/mol. The normalized spacial score (nSPS) is 14.2. The van der Waals surface area contributed by atoms with Gasteiger partial charge in [-0.2, -0.15) is 8.93 Å². The largest absolute Gasteiger partial charge is 0.389 e. The minimum Gasteiger partial charge on any atom is -0.389 e. The third-order valence-corrected chi connectivity index (χ3v) is 5.11. The number of aryl methyl sites for hydroxylation is 1. The second-order valence-corrected chi connectivity index (χ2v) is 8.41. The third kappa shape index (κ3) is 4.04. The van der Waals surface area contributed by atoms with Gasteiger partial charge in [-0.15, -0.1) is 10.2 Å². The van der Waals surface area contributed by atoms with Crippen LogP contribution in [0.5, 0.6) is 5.75 Å². The van der Waals surface area contributed by atoms with E-state index in [0.717, 1.165) is 5.69 Å². The number of nitrogens with one attached hydrogen (secondary N) is 2. The molecule has 2 unspecified atom stereocenters. The first kappa shape index (κ1) is 20.0. The number of hydrogen-bond acceptors (Lipinski definition) is 6. The summed E-state index contributed by atoms with van der Waals surface area (Å²) in [5, 5.41) is 22.4. The van der Waals surface area contributed by atoms with E-state index in [1.54, 1.807) is 24.4 Å². The Hall–Kier alpha value is -2.79. The van der Waals surface area contributed by atoms with Gasteiger partial charge in [0.15, 0.2) is 17.2 Å². The van der Waals surface area contributed by atoms with Crippen LogP contribution in [0, 0.1) is 17.0 Å². The third-order valence-electron chi connectivity index (χ3n) is 4.24. The highest BCUT2D eigenvalue weighted by Gasteiger charge is 2.22. The molecule has 2 heterocycles. The second kappa shape index (κ2) is 7.32. The zero-order valence-electron chi connectivity index (χ0n) is 16.2. The Labute approximate surface area is 164 Å². The number of rotatable bonds is 6. The quantitative estimate of drug-likeness (QED) is 0.479. The number of non-ortho nitro benzene ring substituents is 1. The smallest absolute Gasteiger partial charge is 0.288 e. The maximum absolute atomic E-state index is 12.4. The van der Waals surface area contributed by atoms with Gasteiger partial charge in [-0.25, -0.2) is 4.52 Å². The molecule has 10 nitrogen and oxygen atoms in total. The molecule has 2 N–H and O–H groups in total. The molecule has 28 heavy (non-hydrogen) atoms. The van der Waals surface area contributed by atoms with Gasteiger partial charge in [-0.1, -0.05) is 20.8 Å². The number of nitro benzene ring substituents is 1. The van der Waals surface area contributed by atoms with Crippen molar-refractivity contribution in [1.82, 2.24) is 24.5 Å². The van der Waals surface area contributed by atoms with Crippen molar-refractivity contribution in [3.05, 3.63) is 51.5 Å². The molecule has 2 atom stereocenters. The Bertz CT molecular complexity index is 1050. The predicted molar refractivity (Wildman–Crippen MR) is 104 cm³/mol. The fourth-order valence-electron chi connectivity index (χ4n) is 2.56. The average molecular weight is 406 g/mol. The fraction of sp³-hybridized carbons (Fsp3) is 0.412. The summed E-state index contributed by atoms with van der Waals surface area (Å²) in [4.78, 5) is 10.4. The van der Waals surface area contributed by atoms with Crippen molar-refractivity contribution in [2.24, 2.45) is 0 Å². The molecule has 0 saturated carbocycles. The lowest BCUT2D eigenvalue weighted by atomic mass is 9.93. The fourth-order valence-corrected chi connectivity index (χ4v) is 3.34. The molecule has 2 aromatic heterocycles. The predicted octanol–water partition coefficient (Wildman–Crippen LogP) is 2.88. The zero-order chi connectivity index (χ0) is 20.6. The maximum atomic E-state index is 12.4. The van der Waals surface area contributed by atoms with Crippen molar-refractivity contribution < 1.29 is 13.3 Å². The van der Waals surface area contributed by atoms with Crippen LogP contribution in [-0.4, -0.2) is 28.9 Å². The van der Waals surface area contributed by atoms with E-state index in [4.69, 9.17) is 4.18 Å². The summed E-state index contributed by atoms with van der Waals surface area (Å²) in [6.45, 7) is 9.73. The van der Waals surface area contributed by atoms with Crippen LogP contribution in [-0.2, 0) is 16.7 Å². The molecule has 3 aromatic rings. The Morgan fingerprint density at radius 2 is 2.04 bits per heavy atom. The highest BCUT2D eigenvalue weighted by Crippen LogP contribution is 2.25. The van der Waals surface area contributed by atoms with E-state index in [1.165, 1.54) is 12.1 Å². The summed E-state index contributed by atoms with van der Waals surface area (Å²) in [6, 6.07) is 5.62. The first-order valence-electron chi connectivity index (χ1n) is 8.62. The molecule has 0 fully saturated rings. The van der Waals surface area contributed by atoms with Crippen molar-refractivity contribution in [2.45, 2.75) is 46.1 Å². The van der Waals surface area contributed by atoms with Crippen LogP contribution in [0.25, 0.3) is 5.65 Å². The molecule has 1 aromatic carbocycles. The zero-order valence-corrected chi connectivity index (χ0v) is 17.0. The molecule has 0 saturated heterocycles. The molecule has 0 spiro atoms. The van der Waals surface area contributed by atoms with Gasteiger partial charge in [0.25, 0.3) is 17.0 Å². The van der Waals surface area contributed by atoms with E-state index >= 15 is 0 Å². The summed E-state index contributed by atoms with van der Waals surface area (Å²) in [5.41, 5.74) is 2.08. The topological polar surface area (TPSA) is 127 Å². The van der Waals surface area contributed by atoms with Crippen LogP contribution in [0.3, 0.4) is 0 Å². The maximum Gasteiger partial charge on any atom is 0.288 e. The number of H-pyrrole nitrogens is 1. The van der Waals surface area contributed by atoms with Gasteiger partial charge in [0.1, 0.15) is 0 Å². The summed E-state index contributed by atoms with van der Waals surface area (Å²) in [5.74, 6) is 0.715. The van der Waals surface area contributed by atoms with Gasteiger partial charge in [-0.05, 0) is 25.5 Å². The van der Waals surface area contributed by atoms with E-state index < -0.39 is 22.2 Å². The molecule has 0 aliphatic heterocycles. The number of aromatic nitrogens is 4. The molecular formula is C17H22N6O4S. The monoisotopic (exact) mass is 406 g/mol. The van der Waals surface area contributed by atoms with Crippen molar-refractivity contribution >= 4 is 22.6 Å². The number of benzene rings is 1. The number of nitrogens with zero attached hydrogens (tertiary/aromatic N) is 4. The standard InChI is InChI=1S/C17H22N6O4S/c1-10-6-7-12(23(24)25)8-13(10)27-28(26)21-11(2)16-19-18-15-9-14(17(3,4)5)20-22(15)16/h6-9,11,20-21H,1-5H3. The minimum absolute atomic E-state index is 0.0832. The molecule has 0 bridgehead atoms. The first-order valence-corrected chi connectivity index (χ1v) is 9.69. The summed E-state index contributed by atoms with van der Waals surface area (Å²) in [6.07, 6.45) is 0. The van der Waals surface area contributed by atoms with E-state index in [1.807, 2.05) is 6.07 Å². The van der Waals surface area contributed by atoms with Gasteiger partial charge in [0, 0.05) is 23.2 Å². The van der Waals surface area contributed by atoms with Crippen LogP contribution >= 0.6 is 0 Å². The minimum atomic E-state index is -1.94. The molecule has 3 rings (SSSR count). The van der Waals surface area contributed by atoms with E-state index in [-0.39, 0.29) is 16.9 Å². The highest BCUT2D eigenvalue weighted by atomic mass is 32.2. The number of nitro groups is 1. The Kier molecular flexibility index (Phi) is 5.22. The lowest BCUT2D eigenvalue weighted by Gasteiger charge is -2.16. The van der Waals surface area contributed by atoms with Gasteiger partial charge >= 0.3 is 0 Å². The van der Waals surface area contributed by atoms with Crippen LogP contribution in [0.1, 0.15) is 50.8 Å². The van der Waals surface area contributed by atoms with E-state index in [0.29, 0.717) is 17.0 Å². The summed E-state index contributed by atoms with van der Waals surface area (Å²) in [7, 11) is 0. The van der Waals surface area contributed by atoms with Gasteiger partial charge in [0.2, 0.25) is 0 Å². The molecule has 0 radical (unpaired) electrons. The Morgan fingerprint density at radius 1 is 1.32 bits per heavy atom. The summed E-state index contributed by atoms with van der Waals surface area (Å²) < 4.78 is 22.3. The van der Waals surface area contributed by atoms with Crippen molar-refractivity contribution in [2.75, 3.05) is 0 Å². The van der Waals surface area contributed by atoms with Gasteiger partial charge in [-0.3, -0.25) is 15.2 Å². The SMILES string of the molecule is Cc1ccc([N+](=O)[O-])cc1OS(=O)NC(C)c1nnc2cc(C(C)(C)C)[nH]n12. The molecule has 0 amide bonds. The van der Waals surface area contributed by atoms with E-state index in [2.05, 4.69) is 40.8 Å². The van der Waals surface area contributed by atoms with Crippen LogP contribution < -0.4 is 8.91 Å². The van der Waals surface area contributed by atoms with Crippen molar-refractivity contribution in [1.29, 1.82) is 0 Å². The molecule has 150 valence electrons. The number of fused-ring (bicyclic) bond motifs is 1. The second-order valence-electron chi connectivity index (χ2n) is 7.54. The highest BCUT2D eigenvalue weighted by molar-refractivity contribution is 7.78. The summed E-state index contributed by atoms with van der Waals surface area (Å²) >= 11 is -1.94. The first-order chi connectivity index (χ1) is 13.1. The molecule has 11 heteroatoms. The lowest BCUT2D eigenvalue weighted by Crippen LogP contribution is -2.27.